The van der Waals surface area contributed by atoms with Crippen molar-refractivity contribution in [1.29, 1.82) is 0 Å². The molecular weight excluding hydrogens is 293 g/mol. The van der Waals surface area contributed by atoms with Crippen molar-refractivity contribution in [3.8, 4) is 0 Å². The van der Waals surface area contributed by atoms with Crippen molar-refractivity contribution in [2.24, 2.45) is 10.2 Å². The average Bonchev–Trinajstić information content (AvgIpc) is 2.55. The number of halogens is 1. The van der Waals surface area contributed by atoms with Gasteiger partial charge in [0.05, 0.1) is 5.71 Å². The van der Waals surface area contributed by atoms with E-state index in [1.54, 1.807) is 40.6 Å². The molecule has 0 amide bonds. The van der Waals surface area contributed by atoms with E-state index in [4.69, 9.17) is 0 Å². The molecule has 0 saturated carbocycles. The maximum atomic E-state index is 13.0. The fraction of sp³-hybridized carbons (Fsp3) is 0.294. The number of hydrazone groups is 2. The summed E-state index contributed by atoms with van der Waals surface area (Å²) in [5, 5.41) is 15.3. The van der Waals surface area contributed by atoms with Gasteiger partial charge in [0, 0.05) is 32.7 Å². The number of hydrogen-bond acceptors (Lipinski definition) is 5. The lowest BCUT2D eigenvalue weighted by Gasteiger charge is -2.29. The molecule has 1 aromatic rings. The quantitative estimate of drug-likeness (QED) is 0.455. The summed E-state index contributed by atoms with van der Waals surface area (Å²) >= 11 is 0. The largest absolute Gasteiger partial charge is 0.393 e. The molecule has 0 saturated heterocycles. The Bertz CT molecular complexity index is 577. The Morgan fingerprint density at radius 1 is 1.35 bits per heavy atom. The molecule has 1 unspecified atom stereocenters. The molecule has 0 heterocycles. The van der Waals surface area contributed by atoms with Crippen molar-refractivity contribution in [1.82, 2.24) is 15.3 Å². The monoisotopic (exact) mass is 317 g/mol. The van der Waals surface area contributed by atoms with Crippen molar-refractivity contribution in [2.45, 2.75) is 20.0 Å². The van der Waals surface area contributed by atoms with Crippen LogP contribution in [-0.4, -0.2) is 42.2 Å². The van der Waals surface area contributed by atoms with Crippen molar-refractivity contribution < 1.29 is 4.39 Å². The highest BCUT2D eigenvalue weighted by molar-refractivity contribution is 5.98. The SMILES string of the molecule is C=C/C=N\N(/C=C\NC)C(C)N(C)/N=C(\C)c1ccc(F)cc1. The Morgan fingerprint density at radius 3 is 2.57 bits per heavy atom. The minimum Gasteiger partial charge on any atom is -0.393 e. The number of rotatable bonds is 8. The van der Waals surface area contributed by atoms with Gasteiger partial charge < -0.3 is 5.32 Å². The van der Waals surface area contributed by atoms with Gasteiger partial charge in [-0.05, 0) is 37.6 Å². The fourth-order valence-electron chi connectivity index (χ4n) is 1.77. The van der Waals surface area contributed by atoms with E-state index in [1.807, 2.05) is 34.1 Å². The Hall–Kier alpha value is -2.63. The molecule has 0 aliphatic rings. The predicted octanol–water partition coefficient (Wildman–Crippen LogP) is 2.99. The molecule has 0 aliphatic carbocycles. The van der Waals surface area contributed by atoms with Crippen molar-refractivity contribution >= 4 is 11.9 Å². The molecular formula is C17H24FN5. The van der Waals surface area contributed by atoms with Crippen molar-refractivity contribution in [3.63, 3.8) is 0 Å². The molecule has 1 rings (SSSR count). The smallest absolute Gasteiger partial charge is 0.135 e. The molecule has 23 heavy (non-hydrogen) atoms. The number of benzene rings is 1. The zero-order valence-corrected chi connectivity index (χ0v) is 14.1. The van der Waals surface area contributed by atoms with E-state index in [-0.39, 0.29) is 12.0 Å². The van der Waals surface area contributed by atoms with Crippen LogP contribution in [0.3, 0.4) is 0 Å². The molecule has 6 heteroatoms. The Labute approximate surface area is 137 Å². The predicted molar refractivity (Wildman–Crippen MR) is 94.6 cm³/mol. The third kappa shape index (κ3) is 5.94. The summed E-state index contributed by atoms with van der Waals surface area (Å²) < 4.78 is 13.0. The van der Waals surface area contributed by atoms with Gasteiger partial charge in [0.2, 0.25) is 0 Å². The zero-order valence-electron chi connectivity index (χ0n) is 14.1. The van der Waals surface area contributed by atoms with E-state index in [0.717, 1.165) is 11.3 Å². The van der Waals surface area contributed by atoms with Crippen LogP contribution in [0, 0.1) is 5.82 Å². The van der Waals surface area contributed by atoms with E-state index < -0.39 is 0 Å². The number of nitrogens with zero attached hydrogens (tertiary/aromatic N) is 4. The van der Waals surface area contributed by atoms with Crippen LogP contribution in [0.1, 0.15) is 19.4 Å². The molecule has 0 fully saturated rings. The first-order valence-electron chi connectivity index (χ1n) is 7.30. The van der Waals surface area contributed by atoms with Gasteiger partial charge in [-0.1, -0.05) is 18.7 Å². The molecule has 0 aromatic heterocycles. The lowest BCUT2D eigenvalue weighted by atomic mass is 10.1. The summed E-state index contributed by atoms with van der Waals surface area (Å²) in [6.07, 6.45) is 6.69. The highest BCUT2D eigenvalue weighted by Crippen LogP contribution is 2.09. The van der Waals surface area contributed by atoms with E-state index in [0.29, 0.717) is 0 Å². The van der Waals surface area contributed by atoms with Crippen molar-refractivity contribution in [2.75, 3.05) is 14.1 Å². The van der Waals surface area contributed by atoms with Gasteiger partial charge >= 0.3 is 0 Å². The van der Waals surface area contributed by atoms with Gasteiger partial charge in [0.1, 0.15) is 12.0 Å². The molecule has 5 nitrogen and oxygen atoms in total. The normalized spacial score (nSPS) is 13.3. The van der Waals surface area contributed by atoms with Crippen LogP contribution in [0.15, 0.2) is 59.5 Å². The Morgan fingerprint density at radius 2 is 2.00 bits per heavy atom. The van der Waals surface area contributed by atoms with Crippen LogP contribution in [0.2, 0.25) is 0 Å². The van der Waals surface area contributed by atoms with E-state index >= 15 is 0 Å². The summed E-state index contributed by atoms with van der Waals surface area (Å²) in [5.74, 6) is -0.259. The summed E-state index contributed by atoms with van der Waals surface area (Å²) in [7, 11) is 3.68. The maximum Gasteiger partial charge on any atom is 0.135 e. The Kier molecular flexibility index (Phi) is 7.53. The van der Waals surface area contributed by atoms with Crippen LogP contribution < -0.4 is 5.32 Å². The molecule has 124 valence electrons. The van der Waals surface area contributed by atoms with Gasteiger partial charge in [-0.15, -0.1) is 0 Å². The molecule has 1 aromatic carbocycles. The number of nitrogens with one attached hydrogen (secondary N) is 1. The van der Waals surface area contributed by atoms with Gasteiger partial charge in [-0.3, -0.25) is 5.01 Å². The van der Waals surface area contributed by atoms with Crippen LogP contribution in [0.25, 0.3) is 0 Å². The summed E-state index contributed by atoms with van der Waals surface area (Å²) in [5.41, 5.74) is 1.67. The Balaban J connectivity index is 2.90. The highest BCUT2D eigenvalue weighted by Gasteiger charge is 2.13. The molecule has 0 spiro atoms. The standard InChI is InChI=1S/C17H24FN5/c1-6-11-20-23(13-12-19-4)15(3)22(5)21-14(2)16-7-9-17(18)10-8-16/h6-13,15,19H,1H2,2-5H3/b13-12-,20-11-,21-14+. The van der Waals surface area contributed by atoms with Gasteiger partial charge in [0.25, 0.3) is 0 Å². The molecule has 0 aliphatic heterocycles. The van der Waals surface area contributed by atoms with Gasteiger partial charge in [-0.25, -0.2) is 9.40 Å². The van der Waals surface area contributed by atoms with E-state index in [9.17, 15) is 4.39 Å². The second kappa shape index (κ2) is 9.40. The summed E-state index contributed by atoms with van der Waals surface area (Å²) in [6, 6.07) is 6.27. The van der Waals surface area contributed by atoms with Crippen LogP contribution >= 0.6 is 0 Å². The van der Waals surface area contributed by atoms with E-state index in [1.165, 1.54) is 12.1 Å². The molecule has 1 atom stereocenters. The second-order valence-electron chi connectivity index (χ2n) is 4.88. The van der Waals surface area contributed by atoms with Crippen LogP contribution in [-0.2, 0) is 0 Å². The van der Waals surface area contributed by atoms with Gasteiger partial charge in [0.15, 0.2) is 0 Å². The fourth-order valence-corrected chi connectivity index (χ4v) is 1.77. The van der Waals surface area contributed by atoms with E-state index in [2.05, 4.69) is 22.1 Å². The van der Waals surface area contributed by atoms with Crippen LogP contribution in [0.4, 0.5) is 4.39 Å². The topological polar surface area (TPSA) is 43.2 Å². The lowest BCUT2D eigenvalue weighted by Crippen LogP contribution is -2.37. The molecule has 0 bridgehead atoms. The molecule has 1 N–H and O–H groups in total. The third-order valence-electron chi connectivity index (χ3n) is 3.19. The van der Waals surface area contributed by atoms with Crippen LogP contribution in [0.5, 0.6) is 0 Å². The summed E-state index contributed by atoms with van der Waals surface area (Å²) in [6.45, 7) is 7.49. The number of hydrogen-bond donors (Lipinski definition) is 1. The van der Waals surface area contributed by atoms with Crippen molar-refractivity contribution in [3.05, 3.63) is 60.7 Å². The number of allylic oxidation sites excluding steroid dienone is 1. The zero-order chi connectivity index (χ0) is 17.2. The third-order valence-corrected chi connectivity index (χ3v) is 3.19. The van der Waals surface area contributed by atoms with Gasteiger partial charge in [-0.2, -0.15) is 10.2 Å². The molecule has 0 radical (unpaired) electrons. The maximum absolute atomic E-state index is 13.0. The second-order valence-corrected chi connectivity index (χ2v) is 4.88. The lowest BCUT2D eigenvalue weighted by molar-refractivity contribution is 0.123. The average molecular weight is 317 g/mol. The first kappa shape index (κ1) is 18.4. The highest BCUT2D eigenvalue weighted by atomic mass is 19.1. The minimum atomic E-state index is -0.259. The minimum absolute atomic E-state index is 0.119. The first-order valence-corrected chi connectivity index (χ1v) is 7.30. The first-order chi connectivity index (χ1) is 11.0. The summed E-state index contributed by atoms with van der Waals surface area (Å²) in [4.78, 5) is 0.